The zero-order chi connectivity index (χ0) is 16.5. The topological polar surface area (TPSA) is 89.6 Å². The van der Waals surface area contributed by atoms with Crippen LogP contribution < -0.4 is 0 Å². The minimum atomic E-state index is -0.241. The van der Waals surface area contributed by atoms with Crippen molar-refractivity contribution in [1.82, 2.24) is 9.80 Å². The highest BCUT2D eigenvalue weighted by Crippen LogP contribution is 2.24. The van der Waals surface area contributed by atoms with E-state index in [1.54, 1.807) is 4.90 Å². The van der Waals surface area contributed by atoms with Gasteiger partial charge >= 0.3 is 0 Å². The maximum absolute atomic E-state index is 12.6. The van der Waals surface area contributed by atoms with Crippen molar-refractivity contribution in [1.29, 1.82) is 10.5 Å². The average Bonchev–Trinajstić information content (AvgIpc) is 3.09. The second-order valence-corrected chi connectivity index (χ2v) is 5.84. The van der Waals surface area contributed by atoms with Crippen LogP contribution in [-0.2, 0) is 14.3 Å². The van der Waals surface area contributed by atoms with Gasteiger partial charge in [0.25, 0.3) is 0 Å². The number of hydrogen-bond donors (Lipinski definition) is 0. The molecule has 0 aromatic rings. The highest BCUT2D eigenvalue weighted by molar-refractivity contribution is 5.78. The van der Waals surface area contributed by atoms with Crippen LogP contribution in [0.25, 0.3) is 0 Å². The molecule has 7 heteroatoms. The van der Waals surface area contributed by atoms with Gasteiger partial charge in [-0.3, -0.25) is 9.69 Å². The first-order chi connectivity index (χ1) is 11.3. The summed E-state index contributed by atoms with van der Waals surface area (Å²) in [5.74, 6) is -0.0274. The molecule has 1 unspecified atom stereocenters. The van der Waals surface area contributed by atoms with Crippen molar-refractivity contribution in [2.24, 2.45) is 0 Å². The zero-order valence-electron chi connectivity index (χ0n) is 13.4. The van der Waals surface area contributed by atoms with Gasteiger partial charge in [-0.15, -0.1) is 0 Å². The fourth-order valence-corrected chi connectivity index (χ4v) is 3.12. The molecular weight excluding hydrogens is 296 g/mol. The minimum Gasteiger partial charge on any atom is -0.349 e. The average molecular weight is 320 g/mol. The SMILES string of the molecule is N#CCCN(CCC#N)C(=O)CN1CCCCC1C1OCCO1. The Balaban J connectivity index is 1.93. The summed E-state index contributed by atoms with van der Waals surface area (Å²) in [6.45, 7) is 3.13. The fraction of sp³-hybridized carbons (Fsp3) is 0.812. The van der Waals surface area contributed by atoms with Crippen LogP contribution in [0, 0.1) is 22.7 Å². The summed E-state index contributed by atoms with van der Waals surface area (Å²) in [6, 6.07) is 4.23. The van der Waals surface area contributed by atoms with Crippen molar-refractivity contribution >= 4 is 5.91 Å². The molecule has 0 saturated carbocycles. The van der Waals surface area contributed by atoms with Crippen molar-refractivity contribution < 1.29 is 14.3 Å². The molecule has 0 spiro atoms. The Bertz CT molecular complexity index is 447. The number of ether oxygens (including phenoxy) is 2. The first-order valence-corrected chi connectivity index (χ1v) is 8.25. The van der Waals surface area contributed by atoms with Crippen molar-refractivity contribution in [3.05, 3.63) is 0 Å². The van der Waals surface area contributed by atoms with E-state index in [1.165, 1.54) is 0 Å². The van der Waals surface area contributed by atoms with Crippen LogP contribution in [-0.4, -0.2) is 67.4 Å². The third kappa shape index (κ3) is 5.18. The van der Waals surface area contributed by atoms with Gasteiger partial charge in [-0.05, 0) is 19.4 Å². The Morgan fingerprint density at radius 1 is 1.13 bits per heavy atom. The summed E-state index contributed by atoms with van der Waals surface area (Å²) in [6.07, 6.45) is 3.48. The van der Waals surface area contributed by atoms with Gasteiger partial charge in [-0.25, -0.2) is 0 Å². The molecule has 2 aliphatic heterocycles. The van der Waals surface area contributed by atoms with Crippen molar-refractivity contribution in [3.63, 3.8) is 0 Å². The molecule has 0 aromatic carbocycles. The number of piperidine rings is 1. The van der Waals surface area contributed by atoms with Gasteiger partial charge in [-0.1, -0.05) is 6.42 Å². The van der Waals surface area contributed by atoms with Gasteiger partial charge in [0, 0.05) is 13.1 Å². The van der Waals surface area contributed by atoms with Gasteiger partial charge in [-0.2, -0.15) is 10.5 Å². The van der Waals surface area contributed by atoms with E-state index in [2.05, 4.69) is 17.0 Å². The Morgan fingerprint density at radius 2 is 1.78 bits per heavy atom. The third-order valence-electron chi connectivity index (χ3n) is 4.30. The maximum Gasteiger partial charge on any atom is 0.236 e. The number of amides is 1. The van der Waals surface area contributed by atoms with Gasteiger partial charge in [0.05, 0.1) is 50.8 Å². The van der Waals surface area contributed by atoms with Crippen LogP contribution in [0.3, 0.4) is 0 Å². The van der Waals surface area contributed by atoms with Gasteiger partial charge in [0.1, 0.15) is 0 Å². The first kappa shape index (κ1) is 17.7. The molecule has 0 radical (unpaired) electrons. The zero-order valence-corrected chi connectivity index (χ0v) is 13.4. The van der Waals surface area contributed by atoms with Gasteiger partial charge < -0.3 is 14.4 Å². The lowest BCUT2D eigenvalue weighted by molar-refractivity contribution is -0.139. The number of carbonyl (C=O) groups excluding carboxylic acids is 1. The molecule has 0 aromatic heterocycles. The third-order valence-corrected chi connectivity index (χ3v) is 4.30. The van der Waals surface area contributed by atoms with Crippen LogP contribution in [0.5, 0.6) is 0 Å². The van der Waals surface area contributed by atoms with E-state index in [0.717, 1.165) is 25.8 Å². The molecule has 2 fully saturated rings. The number of rotatable bonds is 7. The lowest BCUT2D eigenvalue weighted by atomic mass is 10.0. The van der Waals surface area contributed by atoms with E-state index in [0.29, 0.717) is 32.8 Å². The normalized spacial score (nSPS) is 22.4. The molecule has 2 rings (SSSR count). The first-order valence-electron chi connectivity index (χ1n) is 8.25. The number of hydrogen-bond acceptors (Lipinski definition) is 6. The summed E-state index contributed by atoms with van der Waals surface area (Å²) in [7, 11) is 0. The second kappa shape index (κ2) is 9.46. The summed E-state index contributed by atoms with van der Waals surface area (Å²) in [4.78, 5) is 16.3. The summed E-state index contributed by atoms with van der Waals surface area (Å²) in [5.41, 5.74) is 0. The molecule has 2 aliphatic rings. The van der Waals surface area contributed by atoms with Crippen LogP contribution >= 0.6 is 0 Å². The van der Waals surface area contributed by atoms with Crippen molar-refractivity contribution in [3.8, 4) is 12.1 Å². The van der Waals surface area contributed by atoms with Gasteiger partial charge in [0.15, 0.2) is 6.29 Å². The van der Waals surface area contributed by atoms with Crippen LogP contribution in [0.1, 0.15) is 32.1 Å². The molecule has 0 aliphatic carbocycles. The number of nitriles is 2. The Kier molecular flexibility index (Phi) is 7.28. The molecule has 23 heavy (non-hydrogen) atoms. The van der Waals surface area contributed by atoms with Crippen molar-refractivity contribution in [2.75, 3.05) is 39.4 Å². The van der Waals surface area contributed by atoms with E-state index in [-0.39, 0.29) is 31.1 Å². The number of carbonyl (C=O) groups is 1. The smallest absolute Gasteiger partial charge is 0.236 e. The minimum absolute atomic E-state index is 0.0274. The second-order valence-electron chi connectivity index (χ2n) is 5.84. The van der Waals surface area contributed by atoms with Crippen LogP contribution in [0.2, 0.25) is 0 Å². The molecule has 126 valence electrons. The predicted molar refractivity (Wildman–Crippen MR) is 81.9 cm³/mol. The largest absolute Gasteiger partial charge is 0.349 e. The number of nitrogens with zero attached hydrogens (tertiary/aromatic N) is 4. The molecule has 2 saturated heterocycles. The highest BCUT2D eigenvalue weighted by Gasteiger charge is 2.35. The standard InChI is InChI=1S/C16H24N4O3/c17-6-3-9-19(10-4-7-18)15(21)13-20-8-2-1-5-14(20)16-22-11-12-23-16/h14,16H,1-5,8-13H2. The molecule has 2 heterocycles. The predicted octanol–water partition coefficient (Wildman–Crippen LogP) is 0.870. The summed E-state index contributed by atoms with van der Waals surface area (Å²) < 4.78 is 11.2. The van der Waals surface area contributed by atoms with E-state index in [9.17, 15) is 4.79 Å². The molecule has 1 amide bonds. The summed E-state index contributed by atoms with van der Waals surface area (Å²) >= 11 is 0. The molecule has 7 nitrogen and oxygen atoms in total. The lowest BCUT2D eigenvalue weighted by Gasteiger charge is -2.38. The Labute approximate surface area is 137 Å². The fourth-order valence-electron chi connectivity index (χ4n) is 3.12. The monoisotopic (exact) mass is 320 g/mol. The van der Waals surface area contributed by atoms with Gasteiger partial charge in [0.2, 0.25) is 5.91 Å². The van der Waals surface area contributed by atoms with Crippen molar-refractivity contribution in [2.45, 2.75) is 44.4 Å². The number of likely N-dealkylation sites (tertiary alicyclic amines) is 1. The molecule has 0 N–H and O–H groups in total. The Hall–Kier alpha value is -1.67. The molecular formula is C16H24N4O3. The van der Waals surface area contributed by atoms with Crippen LogP contribution in [0.4, 0.5) is 0 Å². The van der Waals surface area contributed by atoms with E-state index >= 15 is 0 Å². The van der Waals surface area contributed by atoms with E-state index < -0.39 is 0 Å². The Morgan fingerprint density at radius 3 is 2.39 bits per heavy atom. The van der Waals surface area contributed by atoms with Crippen LogP contribution in [0.15, 0.2) is 0 Å². The molecule has 0 bridgehead atoms. The highest BCUT2D eigenvalue weighted by atomic mass is 16.7. The maximum atomic E-state index is 12.6. The summed E-state index contributed by atoms with van der Waals surface area (Å²) in [5, 5.41) is 17.5. The van der Waals surface area contributed by atoms with E-state index in [1.807, 2.05) is 0 Å². The molecule has 1 atom stereocenters. The quantitative estimate of drug-likeness (QED) is 0.691. The van der Waals surface area contributed by atoms with E-state index in [4.69, 9.17) is 20.0 Å². The lowest BCUT2D eigenvalue weighted by Crippen LogP contribution is -2.51.